The Morgan fingerprint density at radius 2 is 2.04 bits per heavy atom. The molecule has 1 saturated carbocycles. The van der Waals surface area contributed by atoms with Gasteiger partial charge in [0.1, 0.15) is 5.75 Å². The molecule has 1 heterocycles. The Morgan fingerprint density at radius 3 is 2.78 bits per heavy atom. The number of nitrogens with one attached hydrogen (secondary N) is 2. The van der Waals surface area contributed by atoms with Crippen molar-refractivity contribution in [1.82, 2.24) is 15.5 Å². The van der Waals surface area contributed by atoms with Gasteiger partial charge in [0.05, 0.1) is 12.9 Å². The highest BCUT2D eigenvalue weighted by Crippen LogP contribution is 2.30. The van der Waals surface area contributed by atoms with Gasteiger partial charge >= 0.3 is 0 Å². The number of hydrogen-bond donors (Lipinski definition) is 2. The predicted molar refractivity (Wildman–Crippen MR) is 111 cm³/mol. The molecule has 6 nitrogen and oxygen atoms in total. The minimum absolute atomic E-state index is 0.0748. The summed E-state index contributed by atoms with van der Waals surface area (Å²) >= 11 is 2.87. The van der Waals surface area contributed by atoms with Crippen LogP contribution in [0.2, 0.25) is 0 Å². The van der Waals surface area contributed by atoms with E-state index in [-0.39, 0.29) is 5.91 Å². The SMILES string of the molecule is COc1ccc(Nc2nnc(SCC(=O)N[C@H]3CCC[C@@H](C)[C@H]3C)s2)cc1. The van der Waals surface area contributed by atoms with Crippen LogP contribution in [0, 0.1) is 11.8 Å². The first kappa shape index (κ1) is 19.9. The van der Waals surface area contributed by atoms with Crippen LogP contribution in [0.1, 0.15) is 33.1 Å². The van der Waals surface area contributed by atoms with Gasteiger partial charge in [-0.2, -0.15) is 0 Å². The molecule has 1 aliphatic carbocycles. The standard InChI is InChI=1S/C19H26N4O2S2/c1-12-5-4-6-16(13(12)2)21-17(24)11-26-19-23-22-18(27-19)20-14-7-9-15(25-3)10-8-14/h7-10,12-13,16H,4-6,11H2,1-3H3,(H,20,22)(H,21,24)/t12-,13-,16+/m1/s1. The van der Waals surface area contributed by atoms with Gasteiger partial charge in [-0.1, -0.05) is 49.8 Å². The van der Waals surface area contributed by atoms with E-state index in [1.165, 1.54) is 35.9 Å². The number of anilines is 2. The van der Waals surface area contributed by atoms with E-state index in [4.69, 9.17) is 4.74 Å². The zero-order valence-electron chi connectivity index (χ0n) is 15.9. The molecule has 3 rings (SSSR count). The van der Waals surface area contributed by atoms with Crippen molar-refractivity contribution in [3.63, 3.8) is 0 Å². The van der Waals surface area contributed by atoms with E-state index in [2.05, 4.69) is 34.7 Å². The molecule has 1 fully saturated rings. The molecule has 0 aliphatic heterocycles. The highest BCUT2D eigenvalue weighted by molar-refractivity contribution is 8.01. The Balaban J connectivity index is 1.46. The maximum atomic E-state index is 12.3. The molecule has 1 aliphatic rings. The lowest BCUT2D eigenvalue weighted by Crippen LogP contribution is -2.44. The lowest BCUT2D eigenvalue weighted by molar-refractivity contribution is -0.119. The van der Waals surface area contributed by atoms with Crippen LogP contribution < -0.4 is 15.4 Å². The van der Waals surface area contributed by atoms with Crippen molar-refractivity contribution < 1.29 is 9.53 Å². The number of carbonyl (C=O) groups excluding carboxylic acids is 1. The van der Waals surface area contributed by atoms with Gasteiger partial charge in [0.2, 0.25) is 11.0 Å². The molecule has 0 saturated heterocycles. The van der Waals surface area contributed by atoms with E-state index >= 15 is 0 Å². The number of nitrogens with zero attached hydrogens (tertiary/aromatic N) is 2. The Morgan fingerprint density at radius 1 is 1.26 bits per heavy atom. The number of carbonyl (C=O) groups is 1. The van der Waals surface area contributed by atoms with Crippen LogP contribution in [0.15, 0.2) is 28.6 Å². The summed E-state index contributed by atoms with van der Waals surface area (Å²) < 4.78 is 5.93. The fourth-order valence-corrected chi connectivity index (χ4v) is 4.86. The van der Waals surface area contributed by atoms with Gasteiger partial charge in [-0.05, 0) is 42.5 Å². The molecule has 0 unspecified atom stereocenters. The van der Waals surface area contributed by atoms with Gasteiger partial charge in [-0.3, -0.25) is 4.79 Å². The largest absolute Gasteiger partial charge is 0.497 e. The van der Waals surface area contributed by atoms with Crippen molar-refractivity contribution in [3.8, 4) is 5.75 Å². The summed E-state index contributed by atoms with van der Waals surface area (Å²) in [5.74, 6) is 2.46. The number of amides is 1. The van der Waals surface area contributed by atoms with E-state index in [0.717, 1.165) is 22.2 Å². The highest BCUT2D eigenvalue weighted by atomic mass is 32.2. The number of ether oxygens (including phenoxy) is 1. The summed E-state index contributed by atoms with van der Waals surface area (Å²) in [6.07, 6.45) is 3.54. The summed E-state index contributed by atoms with van der Waals surface area (Å²) in [6, 6.07) is 7.91. The number of benzene rings is 1. The van der Waals surface area contributed by atoms with Crippen molar-refractivity contribution in [3.05, 3.63) is 24.3 Å². The average molecular weight is 407 g/mol. The Kier molecular flexibility index (Phi) is 6.95. The molecular formula is C19H26N4O2S2. The van der Waals surface area contributed by atoms with E-state index in [1.54, 1.807) is 7.11 Å². The Labute approximate surface area is 168 Å². The molecule has 2 aromatic rings. The lowest BCUT2D eigenvalue weighted by Gasteiger charge is -2.34. The maximum absolute atomic E-state index is 12.3. The molecule has 0 bridgehead atoms. The number of thioether (sulfide) groups is 1. The number of rotatable bonds is 7. The van der Waals surface area contributed by atoms with E-state index in [9.17, 15) is 4.79 Å². The van der Waals surface area contributed by atoms with E-state index < -0.39 is 0 Å². The quantitative estimate of drug-likeness (QED) is 0.667. The van der Waals surface area contributed by atoms with Crippen LogP contribution in [-0.4, -0.2) is 35.0 Å². The molecule has 3 atom stereocenters. The van der Waals surface area contributed by atoms with Gasteiger partial charge in [0.15, 0.2) is 4.34 Å². The molecule has 27 heavy (non-hydrogen) atoms. The molecule has 146 valence electrons. The summed E-state index contributed by atoms with van der Waals surface area (Å²) in [4.78, 5) is 12.3. The van der Waals surface area contributed by atoms with Gasteiger partial charge < -0.3 is 15.4 Å². The molecule has 8 heteroatoms. The van der Waals surface area contributed by atoms with Crippen LogP contribution in [0.4, 0.5) is 10.8 Å². The van der Waals surface area contributed by atoms with Crippen LogP contribution in [0.5, 0.6) is 5.75 Å². The van der Waals surface area contributed by atoms with Crippen molar-refractivity contribution in [2.24, 2.45) is 11.8 Å². The van der Waals surface area contributed by atoms with E-state index in [1.807, 2.05) is 24.3 Å². The van der Waals surface area contributed by atoms with Crippen molar-refractivity contribution in [2.75, 3.05) is 18.2 Å². The molecule has 1 amide bonds. The lowest BCUT2D eigenvalue weighted by atomic mass is 9.78. The van der Waals surface area contributed by atoms with Gasteiger partial charge in [-0.15, -0.1) is 10.2 Å². The Bertz CT molecular complexity index is 750. The third-order valence-corrected chi connectivity index (χ3v) is 7.10. The fourth-order valence-electron chi connectivity index (χ4n) is 3.28. The molecule has 1 aromatic carbocycles. The average Bonchev–Trinajstić information content (AvgIpc) is 3.12. The predicted octanol–water partition coefficient (Wildman–Crippen LogP) is 4.32. The van der Waals surface area contributed by atoms with Crippen molar-refractivity contribution in [1.29, 1.82) is 0 Å². The van der Waals surface area contributed by atoms with Gasteiger partial charge in [0, 0.05) is 11.7 Å². The molecule has 1 aromatic heterocycles. The van der Waals surface area contributed by atoms with Gasteiger partial charge in [0.25, 0.3) is 0 Å². The topological polar surface area (TPSA) is 76.1 Å². The third-order valence-electron chi connectivity index (χ3n) is 5.13. The monoisotopic (exact) mass is 406 g/mol. The van der Waals surface area contributed by atoms with Crippen molar-refractivity contribution >= 4 is 39.8 Å². The van der Waals surface area contributed by atoms with E-state index in [0.29, 0.717) is 28.8 Å². The summed E-state index contributed by atoms with van der Waals surface area (Å²) in [5, 5.41) is 15.4. The zero-order chi connectivity index (χ0) is 19.2. The first-order chi connectivity index (χ1) is 13.0. The van der Waals surface area contributed by atoms with Crippen molar-refractivity contribution in [2.45, 2.75) is 43.5 Å². The summed E-state index contributed by atoms with van der Waals surface area (Å²) in [7, 11) is 1.64. The second kappa shape index (κ2) is 9.41. The van der Waals surface area contributed by atoms with Crippen LogP contribution >= 0.6 is 23.1 Å². The summed E-state index contributed by atoms with van der Waals surface area (Å²) in [5.41, 5.74) is 0.918. The molecule has 0 radical (unpaired) electrons. The van der Waals surface area contributed by atoms with Gasteiger partial charge in [-0.25, -0.2) is 0 Å². The van der Waals surface area contributed by atoms with Crippen LogP contribution in [0.3, 0.4) is 0 Å². The maximum Gasteiger partial charge on any atom is 0.230 e. The van der Waals surface area contributed by atoms with Crippen LogP contribution in [-0.2, 0) is 4.79 Å². The zero-order valence-corrected chi connectivity index (χ0v) is 17.5. The first-order valence-electron chi connectivity index (χ1n) is 9.22. The van der Waals surface area contributed by atoms with Crippen LogP contribution in [0.25, 0.3) is 0 Å². The highest BCUT2D eigenvalue weighted by Gasteiger charge is 2.28. The Hall–Kier alpha value is -1.80. The number of methoxy groups -OCH3 is 1. The normalized spacial score (nSPS) is 22.3. The minimum Gasteiger partial charge on any atom is -0.497 e. The molecule has 2 N–H and O–H groups in total. The first-order valence-corrected chi connectivity index (χ1v) is 11.0. The second-order valence-electron chi connectivity index (χ2n) is 6.96. The number of aromatic nitrogens is 2. The molecule has 0 spiro atoms. The smallest absolute Gasteiger partial charge is 0.230 e. The summed E-state index contributed by atoms with van der Waals surface area (Å²) in [6.45, 7) is 4.51. The fraction of sp³-hybridized carbons (Fsp3) is 0.526. The minimum atomic E-state index is 0.0748. The third kappa shape index (κ3) is 5.59. The second-order valence-corrected chi connectivity index (χ2v) is 9.16. The number of hydrogen-bond acceptors (Lipinski definition) is 7. The molecular weight excluding hydrogens is 380 g/mol.